The van der Waals surface area contributed by atoms with E-state index in [1.165, 1.54) is 0 Å². The molecule has 84 valence electrons. The van der Waals surface area contributed by atoms with Crippen LogP contribution in [0.3, 0.4) is 0 Å². The van der Waals surface area contributed by atoms with Crippen LogP contribution in [0.25, 0.3) is 0 Å². The van der Waals surface area contributed by atoms with E-state index in [9.17, 15) is 8.78 Å². The molecule has 2 nitrogen and oxygen atoms in total. The molecule has 0 spiro atoms. The molecule has 15 heavy (non-hydrogen) atoms. The second-order valence-corrected chi connectivity index (χ2v) is 3.72. The quantitative estimate of drug-likeness (QED) is 0.837. The Hall–Kier alpha value is -1.16. The van der Waals surface area contributed by atoms with Crippen LogP contribution in [0, 0.1) is 11.6 Å². The highest BCUT2D eigenvalue weighted by atomic mass is 19.1. The summed E-state index contributed by atoms with van der Waals surface area (Å²) in [5.41, 5.74) is 5.57. The van der Waals surface area contributed by atoms with Crippen LogP contribution < -0.4 is 10.5 Å². The Morgan fingerprint density at radius 1 is 1.33 bits per heavy atom. The van der Waals surface area contributed by atoms with E-state index in [0.717, 1.165) is 18.2 Å². The summed E-state index contributed by atoms with van der Waals surface area (Å²) < 4.78 is 31.2. The predicted octanol–water partition coefficient (Wildman–Crippen LogP) is 2.47. The minimum Gasteiger partial charge on any atom is -0.487 e. The summed E-state index contributed by atoms with van der Waals surface area (Å²) in [6, 6.07) is 3.10. The van der Waals surface area contributed by atoms with Gasteiger partial charge in [-0.15, -0.1) is 0 Å². The number of benzene rings is 1. The zero-order valence-electron chi connectivity index (χ0n) is 8.84. The molecule has 0 fully saturated rings. The number of hydrogen-bond acceptors (Lipinski definition) is 2. The molecule has 0 saturated carbocycles. The van der Waals surface area contributed by atoms with E-state index in [-0.39, 0.29) is 17.9 Å². The SMILES string of the molecule is CC(N)CC(C)Oc1cc(F)ccc1F. The predicted molar refractivity (Wildman–Crippen MR) is 54.7 cm³/mol. The summed E-state index contributed by atoms with van der Waals surface area (Å²) in [4.78, 5) is 0. The normalized spacial score (nSPS) is 14.7. The third-order valence-electron chi connectivity index (χ3n) is 1.93. The fourth-order valence-corrected chi connectivity index (χ4v) is 1.36. The van der Waals surface area contributed by atoms with E-state index in [0.29, 0.717) is 6.42 Å². The van der Waals surface area contributed by atoms with Crippen LogP contribution in [0.1, 0.15) is 20.3 Å². The van der Waals surface area contributed by atoms with E-state index in [1.807, 2.05) is 6.92 Å². The van der Waals surface area contributed by atoms with Crippen LogP contribution in [0.4, 0.5) is 8.78 Å². The number of ether oxygens (including phenoxy) is 1. The summed E-state index contributed by atoms with van der Waals surface area (Å²) in [5.74, 6) is -1.14. The van der Waals surface area contributed by atoms with Gasteiger partial charge in [0.25, 0.3) is 0 Å². The Morgan fingerprint density at radius 3 is 2.60 bits per heavy atom. The Kier molecular flexibility index (Phi) is 4.03. The van der Waals surface area contributed by atoms with Gasteiger partial charge in [0.15, 0.2) is 11.6 Å². The summed E-state index contributed by atoms with van der Waals surface area (Å²) in [6.07, 6.45) is 0.358. The number of hydrogen-bond donors (Lipinski definition) is 1. The van der Waals surface area contributed by atoms with Crippen LogP contribution in [0.5, 0.6) is 5.75 Å². The average molecular weight is 215 g/mol. The Balaban J connectivity index is 2.67. The number of halogens is 2. The Bertz CT molecular complexity index is 328. The summed E-state index contributed by atoms with van der Waals surface area (Å²) >= 11 is 0. The maximum atomic E-state index is 13.1. The molecule has 2 N–H and O–H groups in total. The summed E-state index contributed by atoms with van der Waals surface area (Å²) in [6.45, 7) is 3.61. The molecule has 0 aliphatic rings. The summed E-state index contributed by atoms with van der Waals surface area (Å²) in [7, 11) is 0. The highest BCUT2D eigenvalue weighted by Crippen LogP contribution is 2.20. The molecule has 0 amide bonds. The molecule has 0 aliphatic carbocycles. The minimum absolute atomic E-state index is 0.0309. The molecule has 0 radical (unpaired) electrons. The first-order valence-electron chi connectivity index (χ1n) is 4.86. The molecule has 0 heterocycles. The van der Waals surface area contributed by atoms with Crippen molar-refractivity contribution in [2.45, 2.75) is 32.4 Å². The molecule has 0 aliphatic heterocycles. The van der Waals surface area contributed by atoms with Crippen LogP contribution in [0.15, 0.2) is 18.2 Å². The molecular weight excluding hydrogens is 200 g/mol. The van der Waals surface area contributed by atoms with Gasteiger partial charge in [0, 0.05) is 12.1 Å². The van der Waals surface area contributed by atoms with Crippen LogP contribution in [0.2, 0.25) is 0 Å². The van der Waals surface area contributed by atoms with E-state index in [2.05, 4.69) is 0 Å². The van der Waals surface area contributed by atoms with E-state index < -0.39 is 11.6 Å². The second kappa shape index (κ2) is 5.07. The molecule has 1 aromatic carbocycles. The fourth-order valence-electron chi connectivity index (χ4n) is 1.36. The Morgan fingerprint density at radius 2 is 2.00 bits per heavy atom. The molecule has 2 atom stereocenters. The maximum Gasteiger partial charge on any atom is 0.165 e. The van der Waals surface area contributed by atoms with Crippen LogP contribution >= 0.6 is 0 Å². The van der Waals surface area contributed by atoms with E-state index >= 15 is 0 Å². The van der Waals surface area contributed by atoms with Gasteiger partial charge in [0.2, 0.25) is 0 Å². The van der Waals surface area contributed by atoms with Gasteiger partial charge in [-0.05, 0) is 32.4 Å². The third-order valence-corrected chi connectivity index (χ3v) is 1.93. The lowest BCUT2D eigenvalue weighted by atomic mass is 10.2. The van der Waals surface area contributed by atoms with Gasteiger partial charge < -0.3 is 10.5 Å². The van der Waals surface area contributed by atoms with Gasteiger partial charge in [-0.3, -0.25) is 0 Å². The van der Waals surface area contributed by atoms with Gasteiger partial charge in [-0.1, -0.05) is 0 Å². The monoisotopic (exact) mass is 215 g/mol. The van der Waals surface area contributed by atoms with Crippen molar-refractivity contribution >= 4 is 0 Å². The molecule has 0 aromatic heterocycles. The third kappa shape index (κ3) is 3.83. The zero-order valence-corrected chi connectivity index (χ0v) is 8.84. The zero-order chi connectivity index (χ0) is 11.4. The molecule has 4 heteroatoms. The first-order chi connectivity index (χ1) is 6.99. The standard InChI is InChI=1S/C11H15F2NO/c1-7(14)5-8(2)15-11-6-9(12)3-4-10(11)13/h3-4,6-8H,5,14H2,1-2H3. The maximum absolute atomic E-state index is 13.1. The van der Waals surface area contributed by atoms with E-state index in [4.69, 9.17) is 10.5 Å². The van der Waals surface area contributed by atoms with Crippen molar-refractivity contribution in [3.63, 3.8) is 0 Å². The molecule has 1 aromatic rings. The van der Waals surface area contributed by atoms with E-state index in [1.54, 1.807) is 6.92 Å². The average Bonchev–Trinajstić information content (AvgIpc) is 2.10. The van der Waals surface area contributed by atoms with Gasteiger partial charge in [-0.25, -0.2) is 8.78 Å². The lowest BCUT2D eigenvalue weighted by molar-refractivity contribution is 0.193. The largest absolute Gasteiger partial charge is 0.487 e. The number of rotatable bonds is 4. The fraction of sp³-hybridized carbons (Fsp3) is 0.455. The van der Waals surface area contributed by atoms with Crippen molar-refractivity contribution in [1.82, 2.24) is 0 Å². The highest BCUT2D eigenvalue weighted by Gasteiger charge is 2.11. The van der Waals surface area contributed by atoms with Crippen LogP contribution in [-0.2, 0) is 0 Å². The first-order valence-corrected chi connectivity index (χ1v) is 4.86. The van der Waals surface area contributed by atoms with Crippen molar-refractivity contribution in [3.05, 3.63) is 29.8 Å². The molecular formula is C11H15F2NO. The number of nitrogens with two attached hydrogens (primary N) is 1. The minimum atomic E-state index is -0.562. The first kappa shape index (κ1) is 11.9. The summed E-state index contributed by atoms with van der Waals surface area (Å²) in [5, 5.41) is 0. The van der Waals surface area contributed by atoms with Crippen molar-refractivity contribution in [1.29, 1.82) is 0 Å². The Labute approximate surface area is 88.0 Å². The van der Waals surface area contributed by atoms with Gasteiger partial charge in [-0.2, -0.15) is 0 Å². The molecule has 2 unspecified atom stereocenters. The smallest absolute Gasteiger partial charge is 0.165 e. The van der Waals surface area contributed by atoms with Crippen LogP contribution in [-0.4, -0.2) is 12.1 Å². The van der Waals surface area contributed by atoms with Gasteiger partial charge in [0.1, 0.15) is 5.82 Å². The molecule has 1 rings (SSSR count). The van der Waals surface area contributed by atoms with Crippen molar-refractivity contribution in [3.8, 4) is 5.75 Å². The van der Waals surface area contributed by atoms with Gasteiger partial charge in [0.05, 0.1) is 6.10 Å². The molecule has 0 bridgehead atoms. The highest BCUT2D eigenvalue weighted by molar-refractivity contribution is 5.25. The second-order valence-electron chi connectivity index (χ2n) is 3.72. The van der Waals surface area contributed by atoms with Crippen molar-refractivity contribution in [2.75, 3.05) is 0 Å². The van der Waals surface area contributed by atoms with Gasteiger partial charge >= 0.3 is 0 Å². The lowest BCUT2D eigenvalue weighted by Crippen LogP contribution is -2.24. The lowest BCUT2D eigenvalue weighted by Gasteiger charge is -2.16. The molecule has 0 saturated heterocycles. The topological polar surface area (TPSA) is 35.2 Å². The van der Waals surface area contributed by atoms with Crippen molar-refractivity contribution in [2.24, 2.45) is 5.73 Å². The van der Waals surface area contributed by atoms with Crippen molar-refractivity contribution < 1.29 is 13.5 Å².